The Morgan fingerprint density at radius 1 is 1.62 bits per heavy atom. The van der Waals surface area contributed by atoms with E-state index in [2.05, 4.69) is 26.2 Å². The van der Waals surface area contributed by atoms with Gasteiger partial charge in [-0.3, -0.25) is 0 Å². The smallest absolute Gasteiger partial charge is 0.316 e. The van der Waals surface area contributed by atoms with Gasteiger partial charge in [0.1, 0.15) is 0 Å². The molecular formula is C5H5BrLiSi. The molecule has 0 aromatic carbocycles. The molecule has 2 saturated carbocycles. The van der Waals surface area contributed by atoms with Crippen LogP contribution in [-0.2, 0) is 0 Å². The van der Waals surface area contributed by atoms with Crippen LogP contribution in [0.4, 0.5) is 0 Å². The third-order valence-corrected chi connectivity index (χ3v) is 4.50. The Balaban J connectivity index is 0.000000320. The van der Waals surface area contributed by atoms with Crippen molar-refractivity contribution in [2.24, 2.45) is 5.41 Å². The van der Waals surface area contributed by atoms with Gasteiger partial charge in [-0.15, -0.1) is 0 Å². The van der Waals surface area contributed by atoms with Gasteiger partial charge in [0, 0.05) is 0 Å². The van der Waals surface area contributed by atoms with Crippen molar-refractivity contribution in [3.8, 4) is 0 Å². The van der Waals surface area contributed by atoms with E-state index in [9.17, 15) is 0 Å². The normalized spacial score (nSPS) is 39.0. The van der Waals surface area contributed by atoms with Crippen molar-refractivity contribution in [1.82, 2.24) is 0 Å². The van der Waals surface area contributed by atoms with Crippen LogP contribution < -0.4 is 18.9 Å². The monoisotopic (exact) mass is 179 g/mol. The first kappa shape index (κ1) is 7.40. The van der Waals surface area contributed by atoms with Crippen LogP contribution in [0.2, 0.25) is 5.54 Å². The van der Waals surface area contributed by atoms with Gasteiger partial charge >= 0.3 is 18.9 Å². The van der Waals surface area contributed by atoms with Gasteiger partial charge in [0.15, 0.2) is 0 Å². The second-order valence-electron chi connectivity index (χ2n) is 2.44. The van der Waals surface area contributed by atoms with Gasteiger partial charge in [-0.2, -0.15) is 11.0 Å². The number of halogens is 1. The molecule has 0 saturated heterocycles. The zero-order chi connectivity index (χ0) is 5.07. The molecule has 0 bridgehead atoms. The summed E-state index contributed by atoms with van der Waals surface area (Å²) >= 11 is 3.50. The van der Waals surface area contributed by atoms with Gasteiger partial charge in [0.2, 0.25) is 0 Å². The molecule has 1 unspecified atom stereocenters. The molecule has 2 rings (SSSR count). The number of hydrogen-bond donors (Lipinski definition) is 0. The molecule has 0 aromatic heterocycles. The maximum Gasteiger partial charge on any atom is 1.00 e. The minimum absolute atomic E-state index is 0. The average Bonchev–Trinajstić information content (AvgIpc) is 2.47. The molecule has 3 radical (unpaired) electrons. The van der Waals surface area contributed by atoms with Crippen LogP contribution >= 0.6 is 15.9 Å². The first-order valence-electron chi connectivity index (χ1n) is 2.51. The Hall–Kier alpha value is 1.29. The summed E-state index contributed by atoms with van der Waals surface area (Å²) in [6, 6.07) is 0. The van der Waals surface area contributed by atoms with Crippen molar-refractivity contribution in [2.75, 3.05) is 0 Å². The van der Waals surface area contributed by atoms with E-state index in [-0.39, 0.29) is 18.9 Å². The predicted octanol–water partition coefficient (Wildman–Crippen LogP) is -1.33. The Labute approximate surface area is 73.5 Å². The zero-order valence-corrected chi connectivity index (χ0v) is 7.46. The Bertz CT molecular complexity index is 103. The van der Waals surface area contributed by atoms with Gasteiger partial charge in [0.25, 0.3) is 0 Å². The minimum atomic E-state index is 0. The van der Waals surface area contributed by atoms with Crippen molar-refractivity contribution >= 4 is 26.2 Å². The summed E-state index contributed by atoms with van der Waals surface area (Å²) in [6.07, 6.45) is 2.81. The molecule has 2 aliphatic carbocycles. The van der Waals surface area contributed by atoms with Crippen molar-refractivity contribution in [3.05, 3.63) is 4.83 Å². The minimum Gasteiger partial charge on any atom is -0.316 e. The van der Waals surface area contributed by atoms with Crippen molar-refractivity contribution in [2.45, 2.75) is 18.4 Å². The van der Waals surface area contributed by atoms with E-state index in [1.165, 1.54) is 17.7 Å². The molecule has 2 aliphatic rings. The van der Waals surface area contributed by atoms with Crippen molar-refractivity contribution < 1.29 is 18.9 Å². The van der Waals surface area contributed by atoms with Gasteiger partial charge in [0.05, 0.1) is 0 Å². The van der Waals surface area contributed by atoms with Gasteiger partial charge in [-0.25, -0.2) is 4.83 Å². The standard InChI is InChI=1S/C5H5BrSi.Li/c6-3-4(7)5(3)1-2-5;/h4H,1-2H2;/q-1;+1. The van der Waals surface area contributed by atoms with Gasteiger partial charge in [-0.1, -0.05) is 12.8 Å². The quantitative estimate of drug-likeness (QED) is 0.320. The van der Waals surface area contributed by atoms with E-state index in [4.69, 9.17) is 0 Å². The molecule has 0 heterocycles. The molecule has 0 amide bonds. The molecule has 37 valence electrons. The third-order valence-electron chi connectivity index (χ3n) is 1.99. The van der Waals surface area contributed by atoms with Gasteiger partial charge < -0.3 is 15.9 Å². The molecule has 0 nitrogen and oxygen atoms in total. The largest absolute Gasteiger partial charge is 1.00 e. The Kier molecular flexibility index (Phi) is 1.75. The fourth-order valence-corrected chi connectivity index (χ4v) is 2.85. The Morgan fingerprint density at radius 3 is 2.00 bits per heavy atom. The molecule has 1 spiro atoms. The maximum absolute atomic E-state index is 3.59. The molecule has 3 heteroatoms. The summed E-state index contributed by atoms with van der Waals surface area (Å²) in [5.74, 6) is 0. The second kappa shape index (κ2) is 1.89. The van der Waals surface area contributed by atoms with Crippen LogP contribution in [0.1, 0.15) is 12.8 Å². The maximum atomic E-state index is 3.59. The summed E-state index contributed by atoms with van der Waals surface area (Å²) in [5, 5.41) is 0. The zero-order valence-electron chi connectivity index (χ0n) is 4.87. The topological polar surface area (TPSA) is 0 Å². The van der Waals surface area contributed by atoms with Gasteiger partial charge in [-0.05, 0) is 10.2 Å². The summed E-state index contributed by atoms with van der Waals surface area (Å²) in [4.78, 5) is 1.50. The Morgan fingerprint density at radius 2 is 2.00 bits per heavy atom. The van der Waals surface area contributed by atoms with Crippen LogP contribution in [0.15, 0.2) is 0 Å². The van der Waals surface area contributed by atoms with Crippen LogP contribution in [0.5, 0.6) is 0 Å². The molecular weight excluding hydrogens is 175 g/mol. The van der Waals surface area contributed by atoms with Crippen LogP contribution in [0, 0.1) is 10.2 Å². The number of hydrogen-bond acceptors (Lipinski definition) is 0. The summed E-state index contributed by atoms with van der Waals surface area (Å²) in [6.45, 7) is 0. The average molecular weight is 180 g/mol. The summed E-state index contributed by atoms with van der Waals surface area (Å²) in [7, 11) is 3.59. The summed E-state index contributed by atoms with van der Waals surface area (Å²) < 4.78 is 0. The number of rotatable bonds is 0. The van der Waals surface area contributed by atoms with E-state index in [0.717, 1.165) is 0 Å². The first-order valence-corrected chi connectivity index (χ1v) is 3.88. The third kappa shape index (κ3) is 0.702. The van der Waals surface area contributed by atoms with Crippen LogP contribution in [-0.4, -0.2) is 10.2 Å². The molecule has 0 aromatic rings. The van der Waals surface area contributed by atoms with Crippen LogP contribution in [0.25, 0.3) is 0 Å². The first-order chi connectivity index (χ1) is 3.27. The predicted molar refractivity (Wildman–Crippen MR) is 33.3 cm³/mol. The van der Waals surface area contributed by atoms with Crippen molar-refractivity contribution in [1.29, 1.82) is 0 Å². The molecule has 1 atom stereocenters. The molecule has 8 heavy (non-hydrogen) atoms. The summed E-state index contributed by atoms with van der Waals surface area (Å²) in [5.41, 5.74) is 1.38. The van der Waals surface area contributed by atoms with Crippen LogP contribution in [0.3, 0.4) is 0 Å². The molecule has 0 N–H and O–H groups in total. The van der Waals surface area contributed by atoms with E-state index in [0.29, 0.717) is 11.0 Å². The van der Waals surface area contributed by atoms with E-state index in [1.807, 2.05) is 0 Å². The fraction of sp³-hybridized carbons (Fsp3) is 0.800. The molecule has 0 aliphatic heterocycles. The fourth-order valence-electron chi connectivity index (χ4n) is 1.04. The SMILES string of the molecule is [Li+].[Si]C1[C-](Br)C12CC2. The van der Waals surface area contributed by atoms with Crippen molar-refractivity contribution in [3.63, 3.8) is 0 Å². The van der Waals surface area contributed by atoms with E-state index >= 15 is 0 Å². The molecule has 2 fully saturated rings. The second-order valence-corrected chi connectivity index (χ2v) is 3.87. The van der Waals surface area contributed by atoms with E-state index < -0.39 is 0 Å². The van der Waals surface area contributed by atoms with E-state index in [1.54, 1.807) is 0 Å².